The summed E-state index contributed by atoms with van der Waals surface area (Å²) in [7, 11) is 0. The highest BCUT2D eigenvalue weighted by atomic mass is 35.5. The summed E-state index contributed by atoms with van der Waals surface area (Å²) in [5, 5.41) is 13.7. The lowest BCUT2D eigenvalue weighted by atomic mass is 10.1. The van der Waals surface area contributed by atoms with Gasteiger partial charge < -0.3 is 0 Å². The maximum Gasteiger partial charge on any atom is 0.181 e. The Hall–Kier alpha value is -1.94. The minimum atomic E-state index is 0.322. The molecule has 0 spiro atoms. The second kappa shape index (κ2) is 4.53. The molecule has 0 saturated heterocycles. The molecule has 0 radical (unpaired) electrons. The Kier molecular flexibility index (Phi) is 2.76. The number of rotatable bonds is 1. The molecule has 0 aliphatic heterocycles. The van der Waals surface area contributed by atoms with Gasteiger partial charge in [0, 0.05) is 11.5 Å². The van der Waals surface area contributed by atoms with Gasteiger partial charge in [0.1, 0.15) is 0 Å². The smallest absolute Gasteiger partial charge is 0.181 e. The predicted molar refractivity (Wildman–Crippen MR) is 81.9 cm³/mol. The Labute approximate surface area is 127 Å². The van der Waals surface area contributed by atoms with Crippen molar-refractivity contribution in [2.24, 2.45) is 0 Å². The minimum Gasteiger partial charge on any atom is -0.195 e. The fourth-order valence-electron chi connectivity index (χ4n) is 3.11. The molecule has 2 aromatic heterocycles. The van der Waals surface area contributed by atoms with Gasteiger partial charge in [0.05, 0.1) is 0 Å². The van der Waals surface area contributed by atoms with Gasteiger partial charge in [0.2, 0.25) is 0 Å². The number of halogens is 1. The lowest BCUT2D eigenvalue weighted by Gasteiger charge is -2.08. The molecule has 0 atom stereocenters. The van der Waals surface area contributed by atoms with Crippen molar-refractivity contribution in [3.05, 3.63) is 57.5 Å². The van der Waals surface area contributed by atoms with Crippen LogP contribution in [-0.4, -0.2) is 19.8 Å². The molecule has 1 aliphatic rings. The van der Waals surface area contributed by atoms with Crippen LogP contribution in [0.5, 0.6) is 0 Å². The Bertz CT molecular complexity index is 828. The van der Waals surface area contributed by atoms with Gasteiger partial charge in [-0.05, 0) is 43.4 Å². The van der Waals surface area contributed by atoms with Crippen molar-refractivity contribution >= 4 is 17.2 Å². The lowest BCUT2D eigenvalue weighted by molar-refractivity contribution is 0.649. The van der Waals surface area contributed by atoms with Crippen molar-refractivity contribution in [2.75, 3.05) is 0 Å². The average Bonchev–Trinajstić information content (AvgIpc) is 3.07. The van der Waals surface area contributed by atoms with E-state index in [4.69, 9.17) is 11.6 Å². The maximum absolute atomic E-state index is 6.23. The van der Waals surface area contributed by atoms with E-state index in [0.29, 0.717) is 11.1 Å². The van der Waals surface area contributed by atoms with Crippen molar-refractivity contribution in [1.29, 1.82) is 0 Å². The first-order valence-corrected chi connectivity index (χ1v) is 7.47. The zero-order chi connectivity index (χ0) is 14.6. The minimum absolute atomic E-state index is 0.322. The third-order valence-electron chi connectivity index (χ3n) is 4.48. The number of hydrogen-bond acceptors (Lipinski definition) is 3. The molecule has 0 amide bonds. The van der Waals surface area contributed by atoms with E-state index < -0.39 is 0 Å². The Morgan fingerprint density at radius 1 is 1.05 bits per heavy atom. The van der Waals surface area contributed by atoms with Crippen molar-refractivity contribution in [1.82, 2.24) is 19.8 Å². The summed E-state index contributed by atoms with van der Waals surface area (Å²) in [5.74, 6) is 1.23. The highest BCUT2D eigenvalue weighted by Crippen LogP contribution is 2.33. The van der Waals surface area contributed by atoms with Crippen LogP contribution in [0.3, 0.4) is 0 Å². The number of fused-ring (bicyclic) bond motifs is 2. The number of hydrogen-bond donors (Lipinski definition) is 0. The second-order valence-electron chi connectivity index (χ2n) is 5.71. The average molecular weight is 299 g/mol. The van der Waals surface area contributed by atoms with Crippen LogP contribution in [0.15, 0.2) is 24.3 Å². The molecule has 106 valence electrons. The molecule has 0 saturated carbocycles. The molecule has 0 fully saturated rings. The Balaban J connectivity index is 1.83. The number of nitrogens with zero attached hydrogens (tertiary/aromatic N) is 4. The van der Waals surface area contributed by atoms with Crippen molar-refractivity contribution in [2.45, 2.75) is 32.6 Å². The summed E-state index contributed by atoms with van der Waals surface area (Å²) < 4.78 is 1.82. The van der Waals surface area contributed by atoms with E-state index in [9.17, 15) is 0 Å². The van der Waals surface area contributed by atoms with Crippen LogP contribution in [0.25, 0.3) is 5.65 Å². The van der Waals surface area contributed by atoms with Crippen LogP contribution in [0.1, 0.15) is 34.0 Å². The molecule has 3 aromatic rings. The first kappa shape index (κ1) is 12.8. The van der Waals surface area contributed by atoms with Crippen LogP contribution in [-0.2, 0) is 12.8 Å². The SMILES string of the molecule is Cc1c(Cl)nn2c(C3Cc4ccccc4C3)nnc2c1C. The van der Waals surface area contributed by atoms with E-state index in [1.54, 1.807) is 0 Å². The molecule has 1 aliphatic carbocycles. The zero-order valence-corrected chi connectivity index (χ0v) is 12.7. The topological polar surface area (TPSA) is 43.1 Å². The molecule has 0 unspecified atom stereocenters. The lowest BCUT2D eigenvalue weighted by Crippen LogP contribution is -2.08. The summed E-state index contributed by atoms with van der Waals surface area (Å²) in [6, 6.07) is 8.56. The quantitative estimate of drug-likeness (QED) is 0.692. The third kappa shape index (κ3) is 1.86. The van der Waals surface area contributed by atoms with E-state index in [1.165, 1.54) is 11.1 Å². The van der Waals surface area contributed by atoms with Gasteiger partial charge in [0.15, 0.2) is 16.6 Å². The largest absolute Gasteiger partial charge is 0.195 e. The second-order valence-corrected chi connectivity index (χ2v) is 6.07. The summed E-state index contributed by atoms with van der Waals surface area (Å²) in [5.41, 5.74) is 5.62. The Morgan fingerprint density at radius 3 is 2.38 bits per heavy atom. The van der Waals surface area contributed by atoms with Gasteiger partial charge in [0.25, 0.3) is 0 Å². The van der Waals surface area contributed by atoms with Gasteiger partial charge in [-0.1, -0.05) is 35.9 Å². The fraction of sp³-hybridized carbons (Fsp3) is 0.312. The number of aromatic nitrogens is 4. The monoisotopic (exact) mass is 298 g/mol. The van der Waals surface area contributed by atoms with Gasteiger partial charge in [-0.2, -0.15) is 9.61 Å². The van der Waals surface area contributed by atoms with Gasteiger partial charge in [-0.15, -0.1) is 10.2 Å². The normalized spacial score (nSPS) is 14.8. The number of benzene rings is 1. The van der Waals surface area contributed by atoms with E-state index in [2.05, 4.69) is 39.6 Å². The molecular weight excluding hydrogens is 284 g/mol. The standard InChI is InChI=1S/C16H15ClN4/c1-9-10(2)15-18-19-16(21(15)20-14(9)17)13-7-11-5-3-4-6-12(11)8-13/h3-6,13H,7-8H2,1-2H3. The number of aryl methyl sites for hydroxylation is 1. The van der Waals surface area contributed by atoms with Gasteiger partial charge in [-0.3, -0.25) is 0 Å². The van der Waals surface area contributed by atoms with Gasteiger partial charge >= 0.3 is 0 Å². The molecule has 4 nitrogen and oxygen atoms in total. The van der Waals surface area contributed by atoms with Crippen LogP contribution in [0.2, 0.25) is 5.15 Å². The van der Waals surface area contributed by atoms with Crippen LogP contribution in [0, 0.1) is 13.8 Å². The third-order valence-corrected chi connectivity index (χ3v) is 4.84. The van der Waals surface area contributed by atoms with Crippen molar-refractivity contribution < 1.29 is 0 Å². The zero-order valence-electron chi connectivity index (χ0n) is 12.0. The first-order valence-electron chi connectivity index (χ1n) is 7.10. The highest BCUT2D eigenvalue weighted by Gasteiger charge is 2.27. The summed E-state index contributed by atoms with van der Waals surface area (Å²) in [6.07, 6.45) is 1.98. The van der Waals surface area contributed by atoms with Crippen molar-refractivity contribution in [3.8, 4) is 0 Å². The molecule has 5 heteroatoms. The summed E-state index contributed by atoms with van der Waals surface area (Å²) in [6.45, 7) is 3.98. The van der Waals surface area contributed by atoms with E-state index in [0.717, 1.165) is 35.4 Å². The Morgan fingerprint density at radius 2 is 1.71 bits per heavy atom. The molecule has 4 rings (SSSR count). The summed E-state index contributed by atoms with van der Waals surface area (Å²) >= 11 is 6.23. The predicted octanol–water partition coefficient (Wildman–Crippen LogP) is 3.28. The molecule has 1 aromatic carbocycles. The van der Waals surface area contributed by atoms with E-state index in [1.807, 2.05) is 18.4 Å². The van der Waals surface area contributed by atoms with Crippen molar-refractivity contribution in [3.63, 3.8) is 0 Å². The maximum atomic E-state index is 6.23. The fourth-order valence-corrected chi connectivity index (χ4v) is 3.32. The van der Waals surface area contributed by atoms with Crippen LogP contribution in [0.4, 0.5) is 0 Å². The highest BCUT2D eigenvalue weighted by molar-refractivity contribution is 6.30. The van der Waals surface area contributed by atoms with E-state index in [-0.39, 0.29) is 0 Å². The summed E-state index contributed by atoms with van der Waals surface area (Å²) in [4.78, 5) is 0. The molecule has 0 bridgehead atoms. The van der Waals surface area contributed by atoms with E-state index >= 15 is 0 Å². The molecule has 21 heavy (non-hydrogen) atoms. The molecule has 2 heterocycles. The molecular formula is C16H15ClN4. The van der Waals surface area contributed by atoms with Gasteiger partial charge in [-0.25, -0.2) is 0 Å². The van der Waals surface area contributed by atoms with Crippen LogP contribution < -0.4 is 0 Å². The molecule has 0 N–H and O–H groups in total. The van der Waals surface area contributed by atoms with Crippen LogP contribution >= 0.6 is 11.6 Å². The first-order chi connectivity index (χ1) is 10.1.